The number of likely N-dealkylation sites (N-methyl/N-ethyl adjacent to an activating group) is 2. The van der Waals surface area contributed by atoms with Crippen LogP contribution >= 0.6 is 0 Å². The predicted octanol–water partition coefficient (Wildman–Crippen LogP) is 0.972. The van der Waals surface area contributed by atoms with E-state index in [4.69, 9.17) is 4.74 Å². The van der Waals surface area contributed by atoms with Gasteiger partial charge in [-0.15, -0.1) is 0 Å². The molecule has 0 bridgehead atoms. The van der Waals surface area contributed by atoms with Crippen LogP contribution in [-0.4, -0.2) is 60.3 Å². The molecule has 0 atom stereocenters. The third kappa shape index (κ3) is 5.00. The molecule has 0 saturated heterocycles. The summed E-state index contributed by atoms with van der Waals surface area (Å²) in [5.41, 5.74) is 1.88. The molecular weight excluding hydrogens is 272 g/mol. The highest BCUT2D eigenvalue weighted by Gasteiger charge is 2.17. The Bertz CT molecular complexity index is 464. The number of aliphatic hydroxyl groups is 2. The lowest BCUT2D eigenvalue weighted by atomic mass is 10.1. The predicted molar refractivity (Wildman–Crippen MR) is 80.2 cm³/mol. The fraction of sp³-hybridized carbons (Fsp3) is 0.533. The van der Waals surface area contributed by atoms with Crippen LogP contribution in [0.2, 0.25) is 0 Å². The number of benzene rings is 1. The zero-order valence-corrected chi connectivity index (χ0v) is 13.1. The Kier molecular flexibility index (Phi) is 6.61. The van der Waals surface area contributed by atoms with E-state index in [2.05, 4.69) is 0 Å². The number of aliphatic hydroxyl groups excluding tert-OH is 2. The normalized spacial score (nSPS) is 10.8. The number of rotatable bonds is 6. The molecule has 0 aliphatic heterocycles. The average molecular weight is 296 g/mol. The van der Waals surface area contributed by atoms with E-state index in [0.29, 0.717) is 17.7 Å². The first-order valence-electron chi connectivity index (χ1n) is 6.80. The van der Waals surface area contributed by atoms with Crippen LogP contribution in [0, 0.1) is 6.92 Å². The van der Waals surface area contributed by atoms with E-state index in [-0.39, 0.29) is 19.0 Å². The molecule has 0 fully saturated rings. The van der Waals surface area contributed by atoms with E-state index in [1.807, 2.05) is 25.9 Å². The lowest BCUT2D eigenvalue weighted by molar-refractivity contribution is 0.156. The second-order valence-electron chi connectivity index (χ2n) is 5.32. The summed E-state index contributed by atoms with van der Waals surface area (Å²) in [5, 5.41) is 18.8. The highest BCUT2D eigenvalue weighted by atomic mass is 16.6. The summed E-state index contributed by atoms with van der Waals surface area (Å²) in [4.78, 5) is 15.5. The number of nitrogens with zero attached hydrogens (tertiary/aromatic N) is 2. The second kappa shape index (κ2) is 7.97. The van der Waals surface area contributed by atoms with Crippen LogP contribution in [0.25, 0.3) is 0 Å². The van der Waals surface area contributed by atoms with Crippen molar-refractivity contribution in [3.8, 4) is 5.75 Å². The summed E-state index contributed by atoms with van der Waals surface area (Å²) >= 11 is 0. The maximum absolute atomic E-state index is 12.1. The van der Waals surface area contributed by atoms with Crippen molar-refractivity contribution in [3.63, 3.8) is 0 Å². The molecule has 6 nitrogen and oxygen atoms in total. The first-order chi connectivity index (χ1) is 9.88. The van der Waals surface area contributed by atoms with Gasteiger partial charge in [-0.3, -0.25) is 0 Å². The summed E-state index contributed by atoms with van der Waals surface area (Å²) in [6.45, 7) is 2.60. The third-order valence-electron chi connectivity index (χ3n) is 3.11. The van der Waals surface area contributed by atoms with Gasteiger partial charge in [-0.25, -0.2) is 4.79 Å². The van der Waals surface area contributed by atoms with Gasteiger partial charge >= 0.3 is 6.09 Å². The number of carbonyl (C=O) groups is 1. The summed E-state index contributed by atoms with van der Waals surface area (Å²) in [6, 6.07) is 3.48. The Morgan fingerprint density at radius 1 is 1.10 bits per heavy atom. The number of hydrogen-bond donors (Lipinski definition) is 2. The Balaban J connectivity index is 2.88. The Hall–Kier alpha value is -1.63. The van der Waals surface area contributed by atoms with E-state index < -0.39 is 6.09 Å². The second-order valence-corrected chi connectivity index (χ2v) is 5.32. The van der Waals surface area contributed by atoms with Gasteiger partial charge in [-0.2, -0.15) is 0 Å². The molecular formula is C15H24N2O4. The Labute approximate surface area is 125 Å². The molecule has 1 aromatic carbocycles. The first-order valence-corrected chi connectivity index (χ1v) is 6.80. The van der Waals surface area contributed by atoms with Gasteiger partial charge in [0.15, 0.2) is 0 Å². The molecule has 0 radical (unpaired) electrons. The molecule has 0 aliphatic rings. The van der Waals surface area contributed by atoms with E-state index >= 15 is 0 Å². The minimum absolute atomic E-state index is 0.243. The number of carbonyl (C=O) groups excluding carboxylic acids is 1. The molecule has 0 saturated carbocycles. The van der Waals surface area contributed by atoms with Crippen molar-refractivity contribution >= 4 is 6.09 Å². The van der Waals surface area contributed by atoms with E-state index in [0.717, 1.165) is 12.1 Å². The molecule has 0 aromatic heterocycles. The molecule has 1 amide bonds. The lowest BCUT2D eigenvalue weighted by Gasteiger charge is -2.21. The average Bonchev–Trinajstić information content (AvgIpc) is 2.45. The molecule has 118 valence electrons. The molecule has 0 aliphatic carbocycles. The van der Waals surface area contributed by atoms with Crippen molar-refractivity contribution < 1.29 is 19.7 Å². The number of hydrogen-bond acceptors (Lipinski definition) is 5. The van der Waals surface area contributed by atoms with Gasteiger partial charge in [0, 0.05) is 31.3 Å². The summed E-state index contributed by atoms with van der Waals surface area (Å²) in [5.74, 6) is 0.243. The summed E-state index contributed by atoms with van der Waals surface area (Å²) in [6.07, 6.45) is -0.509. The molecule has 0 spiro atoms. The molecule has 0 heterocycles. The van der Waals surface area contributed by atoms with Crippen LogP contribution in [0.15, 0.2) is 12.1 Å². The third-order valence-corrected chi connectivity index (χ3v) is 3.11. The maximum Gasteiger partial charge on any atom is 0.415 e. The number of aryl methyl sites for hydroxylation is 1. The fourth-order valence-electron chi connectivity index (χ4n) is 1.90. The summed E-state index contributed by atoms with van der Waals surface area (Å²) in [7, 11) is 5.50. The van der Waals surface area contributed by atoms with E-state index in [9.17, 15) is 15.0 Å². The van der Waals surface area contributed by atoms with Crippen LogP contribution in [0.4, 0.5) is 4.79 Å². The Morgan fingerprint density at radius 3 is 2.05 bits per heavy atom. The number of amides is 1. The van der Waals surface area contributed by atoms with Gasteiger partial charge in [0.2, 0.25) is 0 Å². The minimum Gasteiger partial charge on any atom is -0.409 e. The molecule has 6 heteroatoms. The van der Waals surface area contributed by atoms with Crippen LogP contribution in [0.5, 0.6) is 5.75 Å². The van der Waals surface area contributed by atoms with Crippen molar-refractivity contribution in [2.75, 3.05) is 34.2 Å². The van der Waals surface area contributed by atoms with E-state index in [1.165, 1.54) is 4.90 Å². The van der Waals surface area contributed by atoms with Crippen molar-refractivity contribution in [1.29, 1.82) is 0 Å². The van der Waals surface area contributed by atoms with Gasteiger partial charge in [-0.1, -0.05) is 17.7 Å². The standard InChI is InChI=1S/C15H24N2O4/c1-11-7-12(9-18)14(13(8-11)10-19)21-15(20)17(4)6-5-16(2)3/h7-8,18-19H,5-6,9-10H2,1-4H3. The first kappa shape index (κ1) is 17.4. The van der Waals surface area contributed by atoms with Gasteiger partial charge in [0.05, 0.1) is 13.2 Å². The zero-order valence-electron chi connectivity index (χ0n) is 13.1. The van der Waals surface area contributed by atoms with Gasteiger partial charge < -0.3 is 24.7 Å². The smallest absolute Gasteiger partial charge is 0.409 e. The molecule has 2 N–H and O–H groups in total. The largest absolute Gasteiger partial charge is 0.415 e. The molecule has 1 rings (SSSR count). The van der Waals surface area contributed by atoms with Crippen LogP contribution in [0.3, 0.4) is 0 Å². The van der Waals surface area contributed by atoms with Crippen molar-refractivity contribution in [2.45, 2.75) is 20.1 Å². The fourth-order valence-corrected chi connectivity index (χ4v) is 1.90. The highest BCUT2D eigenvalue weighted by Crippen LogP contribution is 2.27. The van der Waals surface area contributed by atoms with E-state index in [1.54, 1.807) is 19.2 Å². The molecule has 21 heavy (non-hydrogen) atoms. The number of ether oxygens (including phenoxy) is 1. The SMILES string of the molecule is Cc1cc(CO)c(OC(=O)N(C)CCN(C)C)c(CO)c1. The minimum atomic E-state index is -0.509. The van der Waals surface area contributed by atoms with Gasteiger partial charge in [0.25, 0.3) is 0 Å². The highest BCUT2D eigenvalue weighted by molar-refractivity contribution is 5.71. The van der Waals surface area contributed by atoms with Crippen molar-refractivity contribution in [3.05, 3.63) is 28.8 Å². The lowest BCUT2D eigenvalue weighted by Crippen LogP contribution is -2.35. The molecule has 0 unspecified atom stereocenters. The molecule has 1 aromatic rings. The van der Waals surface area contributed by atoms with Crippen LogP contribution < -0.4 is 4.74 Å². The topological polar surface area (TPSA) is 73.2 Å². The monoisotopic (exact) mass is 296 g/mol. The van der Waals surface area contributed by atoms with Crippen molar-refractivity contribution in [2.24, 2.45) is 0 Å². The zero-order chi connectivity index (χ0) is 16.0. The van der Waals surface area contributed by atoms with Gasteiger partial charge in [0.1, 0.15) is 5.75 Å². The maximum atomic E-state index is 12.1. The summed E-state index contributed by atoms with van der Waals surface area (Å²) < 4.78 is 5.36. The van der Waals surface area contributed by atoms with Crippen LogP contribution in [-0.2, 0) is 13.2 Å². The van der Waals surface area contributed by atoms with Crippen molar-refractivity contribution in [1.82, 2.24) is 9.80 Å². The van der Waals surface area contributed by atoms with Crippen LogP contribution in [0.1, 0.15) is 16.7 Å². The Morgan fingerprint density at radius 2 is 1.62 bits per heavy atom. The van der Waals surface area contributed by atoms with Gasteiger partial charge in [-0.05, 0) is 21.0 Å². The quantitative estimate of drug-likeness (QED) is 0.818.